The average molecular weight is 312 g/mol. The lowest BCUT2D eigenvalue weighted by atomic mass is 10.1. The van der Waals surface area contributed by atoms with Gasteiger partial charge in [-0.15, -0.1) is 0 Å². The van der Waals surface area contributed by atoms with E-state index in [2.05, 4.69) is 27.1 Å². The number of carbonyl (C=O) groups is 1. The molecule has 0 unspecified atom stereocenters. The quantitative estimate of drug-likeness (QED) is 0.784. The van der Waals surface area contributed by atoms with Gasteiger partial charge in [-0.3, -0.25) is 4.79 Å². The maximum absolute atomic E-state index is 11.5. The molecule has 0 aliphatic rings. The van der Waals surface area contributed by atoms with Crippen molar-refractivity contribution in [3.63, 3.8) is 0 Å². The van der Waals surface area contributed by atoms with Crippen molar-refractivity contribution in [2.75, 3.05) is 23.8 Å². The van der Waals surface area contributed by atoms with Crippen LogP contribution in [0.25, 0.3) is 0 Å². The molecule has 0 aliphatic carbocycles. The zero-order valence-corrected chi connectivity index (χ0v) is 14.3. The highest BCUT2D eigenvalue weighted by Gasteiger charge is 2.08. The minimum Gasteiger partial charge on any atom is -0.360 e. The van der Waals surface area contributed by atoms with Crippen LogP contribution in [0.3, 0.4) is 0 Å². The van der Waals surface area contributed by atoms with Crippen molar-refractivity contribution in [1.29, 1.82) is 0 Å². The summed E-state index contributed by atoms with van der Waals surface area (Å²) in [6.45, 7) is 6.65. The first-order valence-electron chi connectivity index (χ1n) is 7.94. The molecule has 1 heterocycles. The van der Waals surface area contributed by atoms with E-state index in [1.165, 1.54) is 0 Å². The molecule has 0 fully saturated rings. The minimum absolute atomic E-state index is 0.0406. The molecule has 2 aromatic rings. The molecule has 0 saturated heterocycles. The second kappa shape index (κ2) is 7.72. The van der Waals surface area contributed by atoms with Crippen LogP contribution in [-0.2, 0) is 0 Å². The Morgan fingerprint density at radius 1 is 1.26 bits per heavy atom. The number of ketones is 1. The predicted octanol–water partition coefficient (Wildman–Crippen LogP) is 3.97. The molecule has 1 aromatic heterocycles. The third-order valence-electron chi connectivity index (χ3n) is 3.60. The first-order valence-corrected chi connectivity index (χ1v) is 7.94. The van der Waals surface area contributed by atoms with Crippen molar-refractivity contribution in [1.82, 2.24) is 9.97 Å². The number of nitrogens with one attached hydrogen (secondary N) is 1. The molecule has 1 N–H and O–H groups in total. The smallest absolute Gasteiger partial charge is 0.229 e. The van der Waals surface area contributed by atoms with Gasteiger partial charge < -0.3 is 10.2 Å². The third-order valence-corrected chi connectivity index (χ3v) is 3.60. The number of aryl methyl sites for hydroxylation is 1. The zero-order chi connectivity index (χ0) is 16.8. The highest BCUT2D eigenvalue weighted by atomic mass is 16.1. The molecule has 0 spiro atoms. The van der Waals surface area contributed by atoms with E-state index in [1.54, 1.807) is 13.0 Å². The maximum atomic E-state index is 11.5. The Hall–Kier alpha value is -2.43. The second-order valence-corrected chi connectivity index (χ2v) is 5.73. The molecule has 0 saturated carbocycles. The number of nitrogens with zero attached hydrogens (tertiary/aromatic N) is 3. The van der Waals surface area contributed by atoms with Crippen molar-refractivity contribution in [2.24, 2.45) is 0 Å². The fourth-order valence-electron chi connectivity index (χ4n) is 2.26. The first kappa shape index (κ1) is 16.9. The van der Waals surface area contributed by atoms with Crippen molar-refractivity contribution >= 4 is 23.2 Å². The monoisotopic (exact) mass is 312 g/mol. The molecule has 23 heavy (non-hydrogen) atoms. The number of unbranched alkanes of at least 4 members (excludes halogenated alkanes) is 1. The summed E-state index contributed by atoms with van der Waals surface area (Å²) in [6, 6.07) is 9.34. The Morgan fingerprint density at radius 3 is 2.74 bits per heavy atom. The Kier molecular flexibility index (Phi) is 5.68. The van der Waals surface area contributed by atoms with E-state index < -0.39 is 0 Å². The van der Waals surface area contributed by atoms with Gasteiger partial charge in [0.2, 0.25) is 5.95 Å². The van der Waals surface area contributed by atoms with Crippen LogP contribution in [0.15, 0.2) is 30.3 Å². The van der Waals surface area contributed by atoms with Gasteiger partial charge in [0.1, 0.15) is 5.82 Å². The molecular formula is C18H24N4O. The topological polar surface area (TPSA) is 58.1 Å². The number of aromatic nitrogens is 2. The number of hydrogen-bond acceptors (Lipinski definition) is 5. The fraction of sp³-hybridized carbons (Fsp3) is 0.389. The minimum atomic E-state index is 0.0406. The molecule has 2 rings (SSSR count). The van der Waals surface area contributed by atoms with Crippen LogP contribution in [0.5, 0.6) is 0 Å². The van der Waals surface area contributed by atoms with Crippen LogP contribution in [0.1, 0.15) is 42.7 Å². The number of hydrogen-bond donors (Lipinski definition) is 1. The van der Waals surface area contributed by atoms with Crippen molar-refractivity contribution < 1.29 is 4.79 Å². The predicted molar refractivity (Wildman–Crippen MR) is 94.7 cm³/mol. The molecule has 0 bridgehead atoms. The summed E-state index contributed by atoms with van der Waals surface area (Å²) in [5.74, 6) is 1.49. The number of Topliss-reactive ketones (excluding diaryl/α,β-unsaturated/α-hetero) is 1. The summed E-state index contributed by atoms with van der Waals surface area (Å²) >= 11 is 0. The highest BCUT2D eigenvalue weighted by Crippen LogP contribution is 2.19. The van der Waals surface area contributed by atoms with Crippen molar-refractivity contribution in [2.45, 2.75) is 33.6 Å². The molecule has 1 aromatic carbocycles. The summed E-state index contributed by atoms with van der Waals surface area (Å²) in [4.78, 5) is 22.6. The average Bonchev–Trinajstić information content (AvgIpc) is 2.52. The Morgan fingerprint density at radius 2 is 2.04 bits per heavy atom. The van der Waals surface area contributed by atoms with Gasteiger partial charge in [-0.2, -0.15) is 4.98 Å². The SMILES string of the molecule is CCCCN(C)c1cc(C)nc(Nc2cccc(C(C)=O)c2)n1. The normalized spacial score (nSPS) is 10.4. The summed E-state index contributed by atoms with van der Waals surface area (Å²) < 4.78 is 0. The van der Waals surface area contributed by atoms with Gasteiger partial charge in [-0.1, -0.05) is 25.5 Å². The lowest BCUT2D eigenvalue weighted by Crippen LogP contribution is -2.20. The summed E-state index contributed by atoms with van der Waals surface area (Å²) in [5, 5.41) is 3.19. The fourth-order valence-corrected chi connectivity index (χ4v) is 2.26. The standard InChI is InChI=1S/C18H24N4O/c1-5-6-10-22(4)17-11-13(2)19-18(21-17)20-16-9-7-8-15(12-16)14(3)23/h7-9,11-12H,5-6,10H2,1-4H3,(H,19,20,21). The number of rotatable bonds is 7. The van der Waals surface area contributed by atoms with Crippen LogP contribution in [0, 0.1) is 6.92 Å². The largest absolute Gasteiger partial charge is 0.360 e. The van der Waals surface area contributed by atoms with Crippen molar-refractivity contribution in [3.8, 4) is 0 Å². The van der Waals surface area contributed by atoms with Gasteiger partial charge in [0, 0.05) is 36.6 Å². The lowest BCUT2D eigenvalue weighted by Gasteiger charge is -2.19. The van der Waals surface area contributed by atoms with Gasteiger partial charge in [0.05, 0.1) is 0 Å². The Bertz CT molecular complexity index is 684. The van der Waals surface area contributed by atoms with Crippen LogP contribution in [0.2, 0.25) is 0 Å². The molecule has 5 heteroatoms. The van der Waals surface area contributed by atoms with Crippen molar-refractivity contribution in [3.05, 3.63) is 41.6 Å². The van der Waals surface area contributed by atoms with Crippen LogP contribution in [0.4, 0.5) is 17.5 Å². The number of carbonyl (C=O) groups excluding carboxylic acids is 1. The van der Waals surface area contributed by atoms with Gasteiger partial charge >= 0.3 is 0 Å². The zero-order valence-electron chi connectivity index (χ0n) is 14.3. The Balaban J connectivity index is 2.21. The Labute approximate surface area is 137 Å². The van der Waals surface area contributed by atoms with Gasteiger partial charge in [-0.25, -0.2) is 4.98 Å². The molecule has 0 amide bonds. The van der Waals surface area contributed by atoms with E-state index in [9.17, 15) is 4.79 Å². The van der Waals surface area contributed by atoms with E-state index in [0.717, 1.165) is 36.6 Å². The molecule has 0 atom stereocenters. The van der Waals surface area contributed by atoms with E-state index in [1.807, 2.05) is 38.2 Å². The highest BCUT2D eigenvalue weighted by molar-refractivity contribution is 5.95. The maximum Gasteiger partial charge on any atom is 0.229 e. The van der Waals surface area contributed by atoms with E-state index in [4.69, 9.17) is 0 Å². The molecular weight excluding hydrogens is 288 g/mol. The lowest BCUT2D eigenvalue weighted by molar-refractivity contribution is 0.101. The molecule has 0 radical (unpaired) electrons. The summed E-state index contributed by atoms with van der Waals surface area (Å²) in [5.41, 5.74) is 2.39. The van der Waals surface area contributed by atoms with Gasteiger partial charge in [-0.05, 0) is 32.4 Å². The number of benzene rings is 1. The van der Waals surface area contributed by atoms with Crippen LogP contribution >= 0.6 is 0 Å². The third kappa shape index (κ3) is 4.77. The van der Waals surface area contributed by atoms with Gasteiger partial charge in [0.15, 0.2) is 5.78 Å². The first-order chi connectivity index (χ1) is 11.0. The molecule has 122 valence electrons. The van der Waals surface area contributed by atoms with E-state index >= 15 is 0 Å². The number of anilines is 3. The molecule has 5 nitrogen and oxygen atoms in total. The van der Waals surface area contributed by atoms with Crippen LogP contribution in [-0.4, -0.2) is 29.3 Å². The van der Waals surface area contributed by atoms with E-state index in [-0.39, 0.29) is 5.78 Å². The van der Waals surface area contributed by atoms with Crippen LogP contribution < -0.4 is 10.2 Å². The van der Waals surface area contributed by atoms with Gasteiger partial charge in [0.25, 0.3) is 0 Å². The molecule has 0 aliphatic heterocycles. The summed E-state index contributed by atoms with van der Waals surface area (Å²) in [6.07, 6.45) is 2.28. The van der Waals surface area contributed by atoms with E-state index in [0.29, 0.717) is 11.5 Å². The second-order valence-electron chi connectivity index (χ2n) is 5.73. The summed E-state index contributed by atoms with van der Waals surface area (Å²) in [7, 11) is 2.04.